The van der Waals surface area contributed by atoms with Crippen LogP contribution in [0.4, 0.5) is 20.7 Å². The molecule has 0 unspecified atom stereocenters. The largest absolute Gasteiger partial charge is 0.483 e. The topological polar surface area (TPSA) is 152 Å². The highest BCUT2D eigenvalue weighted by Crippen LogP contribution is 2.24. The third-order valence-electron chi connectivity index (χ3n) is 5.32. The van der Waals surface area contributed by atoms with E-state index < -0.39 is 11.8 Å². The zero-order valence-corrected chi connectivity index (χ0v) is 19.5. The zero-order valence-electron chi connectivity index (χ0n) is 19.5. The summed E-state index contributed by atoms with van der Waals surface area (Å²) in [5, 5.41) is 11.9. The van der Waals surface area contributed by atoms with Gasteiger partial charge < -0.3 is 20.3 Å². The molecule has 0 bridgehead atoms. The van der Waals surface area contributed by atoms with Crippen LogP contribution in [0.3, 0.4) is 0 Å². The van der Waals surface area contributed by atoms with E-state index in [1.54, 1.807) is 19.3 Å². The molecular formula is C22H28FN9O3. The summed E-state index contributed by atoms with van der Waals surface area (Å²) in [6, 6.07) is 3.54. The molecule has 0 aliphatic carbocycles. The van der Waals surface area contributed by atoms with Gasteiger partial charge in [-0.2, -0.15) is 0 Å². The first-order valence-corrected chi connectivity index (χ1v) is 11.0. The number of carbonyl (C=O) groups is 2. The monoisotopic (exact) mass is 485 g/mol. The van der Waals surface area contributed by atoms with E-state index in [9.17, 15) is 9.18 Å². The fraction of sp³-hybridized carbons (Fsp3) is 0.364. The summed E-state index contributed by atoms with van der Waals surface area (Å²) in [5.74, 6) is 0.0325. The first-order chi connectivity index (χ1) is 17.0. The molecule has 1 fully saturated rings. The van der Waals surface area contributed by atoms with E-state index in [0.29, 0.717) is 13.1 Å². The van der Waals surface area contributed by atoms with Gasteiger partial charge in [-0.3, -0.25) is 15.0 Å². The highest BCUT2D eigenvalue weighted by atomic mass is 19.1. The van der Waals surface area contributed by atoms with E-state index in [4.69, 9.17) is 9.90 Å². The van der Waals surface area contributed by atoms with Crippen LogP contribution >= 0.6 is 0 Å². The molecule has 0 radical (unpaired) electrons. The first-order valence-electron chi connectivity index (χ1n) is 11.0. The lowest BCUT2D eigenvalue weighted by Gasteiger charge is -2.36. The molecule has 3 aromatic rings. The molecule has 186 valence electrons. The van der Waals surface area contributed by atoms with Gasteiger partial charge >= 0.3 is 6.03 Å². The van der Waals surface area contributed by atoms with Crippen molar-refractivity contribution in [1.29, 1.82) is 0 Å². The molecule has 35 heavy (non-hydrogen) atoms. The van der Waals surface area contributed by atoms with Gasteiger partial charge in [0, 0.05) is 51.7 Å². The number of nitrogens with zero attached hydrogens (tertiary/aromatic N) is 6. The molecule has 4 rings (SSSR count). The van der Waals surface area contributed by atoms with Gasteiger partial charge in [0.05, 0.1) is 17.1 Å². The number of halogens is 1. The molecule has 3 aromatic heterocycles. The Morgan fingerprint density at radius 2 is 1.97 bits per heavy atom. The van der Waals surface area contributed by atoms with E-state index in [1.807, 2.05) is 13.0 Å². The van der Waals surface area contributed by atoms with Crippen molar-refractivity contribution in [2.24, 2.45) is 0 Å². The van der Waals surface area contributed by atoms with Crippen molar-refractivity contribution in [2.45, 2.75) is 20.4 Å². The molecule has 0 atom stereocenters. The van der Waals surface area contributed by atoms with Crippen LogP contribution in [-0.2, 0) is 11.3 Å². The minimum Gasteiger partial charge on any atom is -0.483 e. The highest BCUT2D eigenvalue weighted by Gasteiger charge is 2.22. The Hall–Kier alpha value is -4.13. The van der Waals surface area contributed by atoms with E-state index in [1.165, 1.54) is 6.33 Å². The maximum absolute atomic E-state index is 14.8. The summed E-state index contributed by atoms with van der Waals surface area (Å²) in [6.45, 7) is 7.40. The number of pyridine rings is 1. The second-order valence-corrected chi connectivity index (χ2v) is 7.57. The van der Waals surface area contributed by atoms with Gasteiger partial charge in [0.25, 0.3) is 6.47 Å². The molecule has 13 heteroatoms. The van der Waals surface area contributed by atoms with Gasteiger partial charge in [-0.25, -0.2) is 29.1 Å². The third-order valence-corrected chi connectivity index (χ3v) is 5.32. The second kappa shape index (κ2) is 12.4. The Balaban J connectivity index is 0.00000108. The number of carbonyl (C=O) groups excluding carboxylic acids is 1. The number of urea groups is 1. The number of H-pyrrole nitrogens is 1. The van der Waals surface area contributed by atoms with Gasteiger partial charge in [0.2, 0.25) is 0 Å². The van der Waals surface area contributed by atoms with Crippen LogP contribution in [0.1, 0.15) is 18.3 Å². The number of rotatable bonds is 6. The number of aromatic nitrogens is 5. The lowest BCUT2D eigenvalue weighted by molar-refractivity contribution is -0.122. The van der Waals surface area contributed by atoms with Crippen LogP contribution in [0.2, 0.25) is 0 Å². The smallest absolute Gasteiger partial charge is 0.320 e. The maximum atomic E-state index is 14.8. The van der Waals surface area contributed by atoms with Crippen molar-refractivity contribution in [3.8, 4) is 11.5 Å². The first kappa shape index (κ1) is 25.5. The lowest BCUT2D eigenvalue weighted by Crippen LogP contribution is -2.46. The number of anilines is 2. The molecule has 12 nitrogen and oxygen atoms in total. The predicted molar refractivity (Wildman–Crippen MR) is 127 cm³/mol. The fourth-order valence-corrected chi connectivity index (χ4v) is 3.70. The molecule has 1 aliphatic rings. The van der Waals surface area contributed by atoms with Crippen LogP contribution in [-0.4, -0.2) is 80.2 Å². The normalized spacial score (nSPS) is 13.5. The van der Waals surface area contributed by atoms with Crippen molar-refractivity contribution in [3.05, 3.63) is 48.1 Å². The SMILES string of the molecule is CCNC(=O)Nc1ncnc(CN2CCN(c3ccc(-c4ncc[nH]4)nc3C)CC2)c1F.O=CO. The number of carboxylic acid groups (broad SMARTS) is 1. The molecule has 0 spiro atoms. The van der Waals surface area contributed by atoms with E-state index >= 15 is 0 Å². The van der Waals surface area contributed by atoms with Crippen molar-refractivity contribution in [2.75, 3.05) is 42.9 Å². The molecular weight excluding hydrogens is 457 g/mol. The average Bonchev–Trinajstić information content (AvgIpc) is 3.38. The Bertz CT molecular complexity index is 1120. The molecule has 4 heterocycles. The zero-order chi connectivity index (χ0) is 25.2. The molecule has 0 aromatic carbocycles. The average molecular weight is 486 g/mol. The molecule has 0 saturated carbocycles. The van der Waals surface area contributed by atoms with Crippen molar-refractivity contribution < 1.29 is 19.1 Å². The minimum absolute atomic E-state index is 0.113. The fourth-order valence-electron chi connectivity index (χ4n) is 3.70. The molecule has 2 amide bonds. The quantitative estimate of drug-likeness (QED) is 0.383. The second-order valence-electron chi connectivity index (χ2n) is 7.57. The maximum Gasteiger partial charge on any atom is 0.320 e. The summed E-state index contributed by atoms with van der Waals surface area (Å²) in [6.07, 6.45) is 4.75. The minimum atomic E-state index is -0.602. The van der Waals surface area contributed by atoms with Gasteiger partial charge in [-0.05, 0) is 26.0 Å². The molecule has 1 saturated heterocycles. The number of hydrogen-bond acceptors (Lipinski definition) is 8. The summed E-state index contributed by atoms with van der Waals surface area (Å²) in [5.41, 5.74) is 3.10. The van der Waals surface area contributed by atoms with Gasteiger partial charge in [-0.1, -0.05) is 0 Å². The van der Waals surface area contributed by atoms with E-state index in [0.717, 1.165) is 49.1 Å². The third kappa shape index (κ3) is 6.69. The van der Waals surface area contributed by atoms with Gasteiger partial charge in [0.1, 0.15) is 12.0 Å². The van der Waals surface area contributed by atoms with Gasteiger partial charge in [0.15, 0.2) is 17.5 Å². The number of amides is 2. The molecule has 1 aliphatic heterocycles. The van der Waals surface area contributed by atoms with E-state index in [2.05, 4.69) is 51.4 Å². The number of hydrogen-bond donors (Lipinski definition) is 4. The number of nitrogens with one attached hydrogen (secondary N) is 3. The lowest BCUT2D eigenvalue weighted by atomic mass is 10.2. The standard InChI is InChI=1S/C21H26FN9O.CH2O2/c1-3-23-21(32)29-20-18(22)16(26-13-27-20)12-30-8-10-31(11-9-30)17-5-4-15(28-14(17)2)19-24-6-7-25-19;2-1-3/h4-7,13H,3,8-12H2,1-2H3,(H,24,25)(H2,23,26,27,29,32);1H,(H,2,3). The van der Waals surface area contributed by atoms with Crippen LogP contribution < -0.4 is 15.5 Å². The van der Waals surface area contributed by atoms with E-state index in [-0.39, 0.29) is 18.0 Å². The number of aromatic amines is 1. The van der Waals surface area contributed by atoms with Gasteiger partial charge in [-0.15, -0.1) is 0 Å². The van der Waals surface area contributed by atoms with Crippen LogP contribution in [0.15, 0.2) is 30.9 Å². The van der Waals surface area contributed by atoms with Crippen LogP contribution in [0.25, 0.3) is 11.5 Å². The number of piperazine rings is 1. The summed E-state index contributed by atoms with van der Waals surface area (Å²) in [7, 11) is 0. The Morgan fingerprint density at radius 3 is 2.60 bits per heavy atom. The Morgan fingerprint density at radius 1 is 1.23 bits per heavy atom. The number of imidazole rings is 1. The summed E-state index contributed by atoms with van der Waals surface area (Å²) >= 11 is 0. The Kier molecular flexibility index (Phi) is 9.01. The van der Waals surface area contributed by atoms with Crippen molar-refractivity contribution >= 4 is 24.0 Å². The number of aryl methyl sites for hydroxylation is 1. The molecule has 4 N–H and O–H groups in total. The summed E-state index contributed by atoms with van der Waals surface area (Å²) < 4.78 is 14.8. The Labute approximate surface area is 201 Å². The highest BCUT2D eigenvalue weighted by molar-refractivity contribution is 5.88. The summed E-state index contributed by atoms with van der Waals surface area (Å²) in [4.78, 5) is 44.4. The van der Waals surface area contributed by atoms with Crippen molar-refractivity contribution in [3.63, 3.8) is 0 Å². The predicted octanol–water partition coefficient (Wildman–Crippen LogP) is 1.87. The van der Waals surface area contributed by atoms with Crippen LogP contribution in [0, 0.1) is 12.7 Å². The van der Waals surface area contributed by atoms with Crippen LogP contribution in [0.5, 0.6) is 0 Å². The van der Waals surface area contributed by atoms with Crippen molar-refractivity contribution in [1.82, 2.24) is 35.1 Å².